The van der Waals surface area contributed by atoms with Gasteiger partial charge in [-0.1, -0.05) is 28.1 Å². The minimum atomic E-state index is -3.05. The summed E-state index contributed by atoms with van der Waals surface area (Å²) in [6.45, 7) is 4.01. The zero-order chi connectivity index (χ0) is 16.6. The average Bonchev–Trinajstić information content (AvgIpc) is 3.06. The van der Waals surface area contributed by atoms with Crippen LogP contribution in [0.15, 0.2) is 41.4 Å². The number of fused-ring (bicyclic) bond motifs is 1. The van der Waals surface area contributed by atoms with Crippen molar-refractivity contribution in [1.82, 2.24) is 9.88 Å². The summed E-state index contributed by atoms with van der Waals surface area (Å²) in [6.07, 6.45) is 2.11. The highest BCUT2D eigenvalue weighted by Crippen LogP contribution is 2.23. The molecule has 2 heterocycles. The Hall–Kier alpha value is -1.60. The molecular formula is C16H17BrN2O3S. The Morgan fingerprint density at radius 1 is 1.43 bits per heavy atom. The number of amides is 1. The van der Waals surface area contributed by atoms with Crippen LogP contribution < -0.4 is 0 Å². The Kier molecular flexibility index (Phi) is 4.33. The van der Waals surface area contributed by atoms with E-state index in [0.29, 0.717) is 18.7 Å². The standard InChI is InChI=1S/C16H17BrN2O3S/c1-2-6-19(13-5-7-23(21,22)10-13)16(20)15-8-11-3-4-12(17)9-14(11)18-15/h2-4,8-9,13,18H,1,5-7,10H2. The molecule has 3 rings (SSSR count). The summed E-state index contributed by atoms with van der Waals surface area (Å²) in [5.74, 6) is -0.0318. The van der Waals surface area contributed by atoms with Gasteiger partial charge in [0.25, 0.3) is 5.91 Å². The van der Waals surface area contributed by atoms with Gasteiger partial charge in [0.1, 0.15) is 5.69 Å². The van der Waals surface area contributed by atoms with Gasteiger partial charge in [0.15, 0.2) is 9.84 Å². The van der Waals surface area contributed by atoms with Crippen molar-refractivity contribution in [3.8, 4) is 0 Å². The normalized spacial score (nSPS) is 19.8. The van der Waals surface area contributed by atoms with Gasteiger partial charge in [-0.15, -0.1) is 6.58 Å². The van der Waals surface area contributed by atoms with Crippen LogP contribution in [-0.2, 0) is 9.84 Å². The van der Waals surface area contributed by atoms with Gasteiger partial charge in [-0.05, 0) is 24.6 Å². The molecule has 0 aliphatic carbocycles. The highest BCUT2D eigenvalue weighted by Gasteiger charge is 2.34. The largest absolute Gasteiger partial charge is 0.350 e. The lowest BCUT2D eigenvalue weighted by atomic mass is 10.2. The van der Waals surface area contributed by atoms with Gasteiger partial charge in [-0.3, -0.25) is 4.79 Å². The molecule has 1 amide bonds. The number of rotatable bonds is 4. The third-order valence-electron chi connectivity index (χ3n) is 4.05. The number of halogens is 1. The summed E-state index contributed by atoms with van der Waals surface area (Å²) in [5, 5.41) is 0.939. The predicted octanol–water partition coefficient (Wildman–Crippen LogP) is 2.75. The fraction of sp³-hybridized carbons (Fsp3) is 0.312. The monoisotopic (exact) mass is 396 g/mol. The van der Waals surface area contributed by atoms with Gasteiger partial charge >= 0.3 is 0 Å². The lowest BCUT2D eigenvalue weighted by molar-refractivity contribution is 0.0715. The third kappa shape index (κ3) is 3.35. The minimum absolute atomic E-state index is 0.0261. The van der Waals surface area contributed by atoms with Gasteiger partial charge in [0.05, 0.1) is 11.5 Å². The van der Waals surface area contributed by atoms with Crippen molar-refractivity contribution in [3.05, 3.63) is 47.1 Å². The van der Waals surface area contributed by atoms with E-state index in [1.807, 2.05) is 18.2 Å². The molecule has 23 heavy (non-hydrogen) atoms. The van der Waals surface area contributed by atoms with E-state index < -0.39 is 9.84 Å². The number of hydrogen-bond acceptors (Lipinski definition) is 3. The van der Waals surface area contributed by atoms with Gasteiger partial charge in [-0.25, -0.2) is 8.42 Å². The second kappa shape index (κ2) is 6.13. The number of sulfone groups is 1. The zero-order valence-corrected chi connectivity index (χ0v) is 14.9. The Labute approximate surface area is 143 Å². The topological polar surface area (TPSA) is 70.2 Å². The number of hydrogen-bond donors (Lipinski definition) is 1. The molecule has 1 aromatic heterocycles. The van der Waals surface area contributed by atoms with Crippen LogP contribution in [0.5, 0.6) is 0 Å². The maximum absolute atomic E-state index is 12.8. The van der Waals surface area contributed by atoms with E-state index in [9.17, 15) is 13.2 Å². The summed E-state index contributed by atoms with van der Waals surface area (Å²) in [5.41, 5.74) is 1.32. The Morgan fingerprint density at radius 2 is 2.22 bits per heavy atom. The van der Waals surface area contributed by atoms with Crippen LogP contribution in [0.3, 0.4) is 0 Å². The van der Waals surface area contributed by atoms with E-state index in [1.54, 1.807) is 17.0 Å². The third-order valence-corrected chi connectivity index (χ3v) is 6.29. The van der Waals surface area contributed by atoms with Crippen molar-refractivity contribution in [2.24, 2.45) is 0 Å². The van der Waals surface area contributed by atoms with E-state index >= 15 is 0 Å². The molecule has 7 heteroatoms. The molecule has 0 radical (unpaired) electrons. The first-order valence-electron chi connectivity index (χ1n) is 7.30. The van der Waals surface area contributed by atoms with E-state index in [2.05, 4.69) is 27.5 Å². The Balaban J connectivity index is 1.92. The molecule has 122 valence electrons. The van der Waals surface area contributed by atoms with Crippen LogP contribution in [0.25, 0.3) is 10.9 Å². The molecule has 1 aliphatic heterocycles. The lowest BCUT2D eigenvalue weighted by Gasteiger charge is -2.26. The number of aromatic nitrogens is 1. The van der Waals surface area contributed by atoms with Gasteiger partial charge in [0, 0.05) is 28.0 Å². The van der Waals surface area contributed by atoms with Crippen molar-refractivity contribution in [2.45, 2.75) is 12.5 Å². The van der Waals surface area contributed by atoms with Crippen LogP contribution in [0, 0.1) is 0 Å². The van der Waals surface area contributed by atoms with Crippen LogP contribution in [0.4, 0.5) is 0 Å². The summed E-state index contributed by atoms with van der Waals surface area (Å²) in [7, 11) is -3.05. The predicted molar refractivity (Wildman–Crippen MR) is 94.3 cm³/mol. The number of H-pyrrole nitrogens is 1. The van der Waals surface area contributed by atoms with E-state index in [0.717, 1.165) is 15.4 Å². The van der Waals surface area contributed by atoms with E-state index in [4.69, 9.17) is 0 Å². The molecule has 0 saturated carbocycles. The van der Waals surface area contributed by atoms with Crippen LogP contribution >= 0.6 is 15.9 Å². The molecule has 1 N–H and O–H groups in total. The number of benzene rings is 1. The van der Waals surface area contributed by atoms with Crippen molar-refractivity contribution < 1.29 is 13.2 Å². The molecule has 2 aromatic rings. The first kappa shape index (κ1) is 16.3. The van der Waals surface area contributed by atoms with Crippen molar-refractivity contribution in [1.29, 1.82) is 0 Å². The zero-order valence-electron chi connectivity index (χ0n) is 12.5. The smallest absolute Gasteiger partial charge is 0.270 e. The highest BCUT2D eigenvalue weighted by atomic mass is 79.9. The van der Waals surface area contributed by atoms with Crippen molar-refractivity contribution in [2.75, 3.05) is 18.1 Å². The number of aromatic amines is 1. The van der Waals surface area contributed by atoms with Crippen molar-refractivity contribution >= 4 is 42.6 Å². The molecule has 0 bridgehead atoms. The van der Waals surface area contributed by atoms with Crippen molar-refractivity contribution in [3.63, 3.8) is 0 Å². The van der Waals surface area contributed by atoms with Gasteiger partial charge in [-0.2, -0.15) is 0 Å². The maximum Gasteiger partial charge on any atom is 0.270 e. The quantitative estimate of drug-likeness (QED) is 0.807. The second-order valence-corrected chi connectivity index (χ2v) is 8.86. The lowest BCUT2D eigenvalue weighted by Crippen LogP contribution is -2.41. The Morgan fingerprint density at radius 3 is 2.87 bits per heavy atom. The van der Waals surface area contributed by atoms with Crippen LogP contribution in [0.2, 0.25) is 0 Å². The SMILES string of the molecule is C=CCN(C(=O)c1cc2ccc(Br)cc2[nH]1)C1CCS(=O)(=O)C1. The number of carbonyl (C=O) groups excluding carboxylic acids is 1. The summed E-state index contributed by atoms with van der Waals surface area (Å²) >= 11 is 3.40. The molecular weight excluding hydrogens is 380 g/mol. The second-order valence-electron chi connectivity index (χ2n) is 5.72. The fourth-order valence-corrected chi connectivity index (χ4v) is 5.02. The molecule has 1 saturated heterocycles. The molecule has 1 fully saturated rings. The average molecular weight is 397 g/mol. The summed E-state index contributed by atoms with van der Waals surface area (Å²) in [6, 6.07) is 7.25. The summed E-state index contributed by atoms with van der Waals surface area (Å²) in [4.78, 5) is 17.5. The molecule has 0 spiro atoms. The van der Waals surface area contributed by atoms with Gasteiger partial charge < -0.3 is 9.88 Å². The maximum atomic E-state index is 12.8. The molecule has 1 aromatic carbocycles. The number of carbonyl (C=O) groups is 1. The molecule has 5 nitrogen and oxygen atoms in total. The van der Waals surface area contributed by atoms with E-state index in [-0.39, 0.29) is 23.5 Å². The number of nitrogens with zero attached hydrogens (tertiary/aromatic N) is 1. The number of nitrogens with one attached hydrogen (secondary N) is 1. The fourth-order valence-electron chi connectivity index (χ4n) is 2.93. The highest BCUT2D eigenvalue weighted by molar-refractivity contribution is 9.10. The molecule has 1 atom stereocenters. The first-order chi connectivity index (χ1) is 10.9. The van der Waals surface area contributed by atoms with E-state index in [1.165, 1.54) is 0 Å². The molecule has 1 unspecified atom stereocenters. The Bertz CT molecular complexity index is 873. The van der Waals surface area contributed by atoms with Crippen LogP contribution in [-0.4, -0.2) is 48.3 Å². The van der Waals surface area contributed by atoms with Crippen LogP contribution in [0.1, 0.15) is 16.9 Å². The minimum Gasteiger partial charge on any atom is -0.350 e. The van der Waals surface area contributed by atoms with Gasteiger partial charge in [0.2, 0.25) is 0 Å². The first-order valence-corrected chi connectivity index (χ1v) is 9.91. The summed E-state index contributed by atoms with van der Waals surface area (Å²) < 4.78 is 24.3. The molecule has 1 aliphatic rings.